The minimum atomic E-state index is -1.08. The molecule has 1 amide bonds. The first-order valence-corrected chi connectivity index (χ1v) is 12.9. The van der Waals surface area contributed by atoms with Crippen LogP contribution in [0.4, 0.5) is 0 Å². The zero-order valence-electron chi connectivity index (χ0n) is 21.4. The van der Waals surface area contributed by atoms with E-state index in [9.17, 15) is 19.8 Å². The molecule has 2 aromatic carbocycles. The zero-order valence-corrected chi connectivity index (χ0v) is 21.4. The Bertz CT molecular complexity index is 1170. The van der Waals surface area contributed by atoms with E-state index in [1.807, 2.05) is 48.5 Å². The summed E-state index contributed by atoms with van der Waals surface area (Å²) >= 11 is 0. The third-order valence-electron chi connectivity index (χ3n) is 7.62. The van der Waals surface area contributed by atoms with Crippen LogP contribution in [0.3, 0.4) is 0 Å². The number of benzene rings is 2. The van der Waals surface area contributed by atoms with E-state index in [2.05, 4.69) is 34.0 Å². The summed E-state index contributed by atoms with van der Waals surface area (Å²) in [6, 6.07) is 16.2. The average Bonchev–Trinajstić information content (AvgIpc) is 3.39. The summed E-state index contributed by atoms with van der Waals surface area (Å²) in [5.41, 5.74) is 2.70. The lowest BCUT2D eigenvalue weighted by Crippen LogP contribution is -2.50. The zero-order chi connectivity index (χ0) is 26.4. The maximum Gasteiger partial charge on any atom is 0.326 e. The van der Waals surface area contributed by atoms with Crippen LogP contribution in [-0.4, -0.2) is 56.1 Å². The van der Waals surface area contributed by atoms with Crippen LogP contribution in [0.25, 0.3) is 0 Å². The predicted molar refractivity (Wildman–Crippen MR) is 141 cm³/mol. The van der Waals surface area contributed by atoms with Gasteiger partial charge in [0.1, 0.15) is 11.8 Å². The number of hydrogen-bond acceptors (Lipinski definition) is 5. The highest BCUT2D eigenvalue weighted by atomic mass is 16.4. The van der Waals surface area contributed by atoms with Gasteiger partial charge in [-0.1, -0.05) is 56.3 Å². The molecule has 1 aliphatic rings. The minimum Gasteiger partial charge on any atom is -0.508 e. The number of nitrogens with zero attached hydrogens (tertiary/aromatic N) is 2. The molecule has 8 heteroatoms. The van der Waals surface area contributed by atoms with Gasteiger partial charge in [0.05, 0.1) is 12.2 Å². The van der Waals surface area contributed by atoms with Gasteiger partial charge in [-0.15, -0.1) is 0 Å². The van der Waals surface area contributed by atoms with Crippen LogP contribution in [0.5, 0.6) is 5.75 Å². The number of carboxylic acids is 1. The van der Waals surface area contributed by atoms with Gasteiger partial charge in [-0.3, -0.25) is 9.69 Å². The van der Waals surface area contributed by atoms with Crippen molar-refractivity contribution in [2.45, 2.75) is 45.2 Å². The van der Waals surface area contributed by atoms with Crippen molar-refractivity contribution in [1.29, 1.82) is 0 Å². The number of likely N-dealkylation sites (tertiary alicyclic amines) is 1. The highest BCUT2D eigenvalue weighted by molar-refractivity contribution is 5.85. The molecule has 196 valence electrons. The Labute approximate surface area is 217 Å². The predicted octanol–water partition coefficient (Wildman–Crippen LogP) is 3.81. The fourth-order valence-electron chi connectivity index (χ4n) is 5.37. The number of hydrogen-bond donors (Lipinski definition) is 4. The van der Waals surface area contributed by atoms with Crippen molar-refractivity contribution in [1.82, 2.24) is 20.2 Å². The molecule has 0 aliphatic carbocycles. The van der Waals surface area contributed by atoms with Crippen molar-refractivity contribution in [3.63, 3.8) is 0 Å². The lowest BCUT2D eigenvalue weighted by atomic mass is 9.78. The maximum atomic E-state index is 13.6. The van der Waals surface area contributed by atoms with E-state index in [1.165, 1.54) is 6.33 Å². The molecule has 3 aromatic rings. The molecule has 1 aromatic heterocycles. The number of aliphatic carboxylic acids is 1. The highest BCUT2D eigenvalue weighted by Crippen LogP contribution is 2.40. The van der Waals surface area contributed by atoms with Crippen molar-refractivity contribution in [3.8, 4) is 5.75 Å². The molecule has 2 heterocycles. The summed E-state index contributed by atoms with van der Waals surface area (Å²) < 4.78 is 0. The lowest BCUT2D eigenvalue weighted by Gasteiger charge is -2.45. The molecule has 1 fully saturated rings. The summed E-state index contributed by atoms with van der Waals surface area (Å²) in [6.07, 6.45) is 4.70. The molecule has 37 heavy (non-hydrogen) atoms. The van der Waals surface area contributed by atoms with Crippen LogP contribution in [-0.2, 0) is 22.4 Å². The SMILES string of the molecule is C[C@@H]1CCN(C[C@H](Cc2ccccc2)C(=O)N[C@@H](Cc2cnc[nH]2)C(=O)O)C(c2cccc(O)c2)[C@@H]1C. The first kappa shape index (κ1) is 26.4. The van der Waals surface area contributed by atoms with Crippen molar-refractivity contribution in [2.24, 2.45) is 17.8 Å². The van der Waals surface area contributed by atoms with Crippen molar-refractivity contribution >= 4 is 11.9 Å². The van der Waals surface area contributed by atoms with E-state index in [-0.39, 0.29) is 24.1 Å². The molecule has 0 bridgehead atoms. The van der Waals surface area contributed by atoms with Gasteiger partial charge in [0, 0.05) is 30.9 Å². The number of imidazole rings is 1. The van der Waals surface area contributed by atoms with Gasteiger partial charge in [-0.25, -0.2) is 9.78 Å². The number of aromatic amines is 1. The number of phenols is 1. The van der Waals surface area contributed by atoms with Gasteiger partial charge < -0.3 is 20.5 Å². The molecule has 0 saturated carbocycles. The first-order valence-electron chi connectivity index (χ1n) is 12.9. The molecule has 0 spiro atoms. The summed E-state index contributed by atoms with van der Waals surface area (Å²) in [4.78, 5) is 34.8. The summed E-state index contributed by atoms with van der Waals surface area (Å²) in [7, 11) is 0. The number of carbonyl (C=O) groups is 2. The molecule has 4 N–H and O–H groups in total. The number of rotatable bonds is 10. The van der Waals surface area contributed by atoms with Gasteiger partial charge in [-0.05, 0) is 54.5 Å². The van der Waals surface area contributed by atoms with Gasteiger partial charge in [0.15, 0.2) is 0 Å². The van der Waals surface area contributed by atoms with Crippen LogP contribution in [0.15, 0.2) is 67.1 Å². The summed E-state index contributed by atoms with van der Waals surface area (Å²) in [6.45, 7) is 5.77. The van der Waals surface area contributed by atoms with Crippen molar-refractivity contribution in [3.05, 3.63) is 83.9 Å². The monoisotopic (exact) mass is 504 g/mol. The fraction of sp³-hybridized carbons (Fsp3) is 0.414. The first-order chi connectivity index (χ1) is 17.8. The third-order valence-corrected chi connectivity index (χ3v) is 7.62. The van der Waals surface area contributed by atoms with Crippen LogP contribution < -0.4 is 5.32 Å². The van der Waals surface area contributed by atoms with Crippen molar-refractivity contribution in [2.75, 3.05) is 13.1 Å². The second-order valence-electron chi connectivity index (χ2n) is 10.2. The van der Waals surface area contributed by atoms with E-state index in [0.29, 0.717) is 30.5 Å². The second kappa shape index (κ2) is 12.1. The Morgan fingerprint density at radius 1 is 1.14 bits per heavy atom. The molecule has 4 rings (SSSR count). The Hall–Kier alpha value is -3.65. The summed E-state index contributed by atoms with van der Waals surface area (Å²) in [5, 5.41) is 22.8. The van der Waals surface area contributed by atoms with Crippen LogP contribution >= 0.6 is 0 Å². The van der Waals surface area contributed by atoms with Gasteiger partial charge in [0.2, 0.25) is 5.91 Å². The normalized spacial score (nSPS) is 21.7. The minimum absolute atomic E-state index is 0.0437. The van der Waals surface area contributed by atoms with Crippen LogP contribution in [0.1, 0.15) is 43.1 Å². The molecular weight excluding hydrogens is 468 g/mol. The molecular formula is C29H36N4O4. The lowest BCUT2D eigenvalue weighted by molar-refractivity contribution is -0.142. The average molecular weight is 505 g/mol. The smallest absolute Gasteiger partial charge is 0.326 e. The number of aromatic hydroxyl groups is 1. The number of carbonyl (C=O) groups excluding carboxylic acids is 1. The maximum absolute atomic E-state index is 13.6. The van der Waals surface area contributed by atoms with Gasteiger partial charge >= 0.3 is 5.97 Å². The molecule has 1 saturated heterocycles. The molecule has 1 unspecified atom stereocenters. The Balaban J connectivity index is 1.59. The largest absolute Gasteiger partial charge is 0.508 e. The molecule has 0 radical (unpaired) electrons. The van der Waals surface area contributed by atoms with E-state index >= 15 is 0 Å². The number of nitrogens with one attached hydrogen (secondary N) is 2. The molecule has 8 nitrogen and oxygen atoms in total. The standard InChI is InChI=1S/C29H36N4O4/c1-19-11-12-33(27(20(19)2)22-9-6-10-25(34)14-22)17-23(13-21-7-4-3-5-8-21)28(35)32-26(29(36)37)15-24-16-30-18-31-24/h3-10,14,16,18-20,23,26-27,34H,11-13,15,17H2,1-2H3,(H,30,31)(H,32,35)(H,36,37)/t19-,20-,23+,26+,27?/m1/s1. The van der Waals surface area contributed by atoms with Gasteiger partial charge in [0.25, 0.3) is 0 Å². The Morgan fingerprint density at radius 2 is 1.92 bits per heavy atom. The van der Waals surface area contributed by atoms with Crippen LogP contribution in [0, 0.1) is 17.8 Å². The Kier molecular flexibility index (Phi) is 8.61. The van der Waals surface area contributed by atoms with E-state index < -0.39 is 17.9 Å². The molecule has 1 aliphatic heterocycles. The third kappa shape index (κ3) is 6.77. The van der Waals surface area contributed by atoms with Gasteiger partial charge in [-0.2, -0.15) is 0 Å². The topological polar surface area (TPSA) is 119 Å². The molecule has 5 atom stereocenters. The quantitative estimate of drug-likeness (QED) is 0.334. The number of aromatic nitrogens is 2. The highest BCUT2D eigenvalue weighted by Gasteiger charge is 2.37. The fourth-order valence-corrected chi connectivity index (χ4v) is 5.37. The number of piperidine rings is 1. The summed E-state index contributed by atoms with van der Waals surface area (Å²) in [5.74, 6) is -0.772. The van der Waals surface area contributed by atoms with Crippen LogP contribution in [0.2, 0.25) is 0 Å². The van der Waals surface area contributed by atoms with E-state index in [4.69, 9.17) is 0 Å². The number of carboxylic acid groups (broad SMARTS) is 1. The number of amides is 1. The number of phenolic OH excluding ortho intramolecular Hbond substituents is 1. The second-order valence-corrected chi connectivity index (χ2v) is 10.2. The number of H-pyrrole nitrogens is 1. The van der Waals surface area contributed by atoms with E-state index in [1.54, 1.807) is 12.3 Å². The van der Waals surface area contributed by atoms with Crippen molar-refractivity contribution < 1.29 is 19.8 Å². The Morgan fingerprint density at radius 3 is 2.59 bits per heavy atom. The van der Waals surface area contributed by atoms with E-state index in [0.717, 1.165) is 24.1 Å².